The Hall–Kier alpha value is -3.21. The van der Waals surface area contributed by atoms with Gasteiger partial charge >= 0.3 is 6.09 Å². The Kier molecular flexibility index (Phi) is 7.21. The minimum Gasteiger partial charge on any atom is -0.444 e. The summed E-state index contributed by atoms with van der Waals surface area (Å²) in [6, 6.07) is 6.59. The maximum atomic E-state index is 12.4. The summed E-state index contributed by atoms with van der Waals surface area (Å²) >= 11 is 0. The van der Waals surface area contributed by atoms with Gasteiger partial charge in [-0.3, -0.25) is 0 Å². The summed E-state index contributed by atoms with van der Waals surface area (Å²) in [5.74, 6) is 1.24. The Morgan fingerprint density at radius 3 is 2.39 bits per heavy atom. The predicted octanol–water partition coefficient (Wildman–Crippen LogP) is 3.69. The van der Waals surface area contributed by atoms with Crippen LogP contribution in [0.15, 0.2) is 41.7 Å². The molecule has 0 saturated carbocycles. The zero-order valence-electron chi connectivity index (χ0n) is 21.5. The molecule has 3 aromatic rings. The van der Waals surface area contributed by atoms with Crippen LogP contribution in [-0.2, 0) is 14.6 Å². The highest BCUT2D eigenvalue weighted by molar-refractivity contribution is 7.90. The van der Waals surface area contributed by atoms with Crippen LogP contribution in [0.1, 0.15) is 40.5 Å². The molecule has 0 aliphatic carbocycles. The van der Waals surface area contributed by atoms with E-state index in [2.05, 4.69) is 26.9 Å². The van der Waals surface area contributed by atoms with Crippen molar-refractivity contribution in [3.63, 3.8) is 0 Å². The molecule has 1 aliphatic rings. The molecule has 1 aromatic carbocycles. The first kappa shape index (κ1) is 25.9. The van der Waals surface area contributed by atoms with Gasteiger partial charge in [0.05, 0.1) is 22.2 Å². The van der Waals surface area contributed by atoms with Crippen LogP contribution in [0, 0.1) is 5.92 Å². The number of hydrogen-bond donors (Lipinski definition) is 0. The summed E-state index contributed by atoms with van der Waals surface area (Å²) in [7, 11) is -3.27. The molecule has 1 aliphatic heterocycles. The van der Waals surface area contributed by atoms with Crippen LogP contribution >= 0.6 is 0 Å². The lowest BCUT2D eigenvalue weighted by Crippen LogP contribution is -2.44. The Morgan fingerprint density at radius 1 is 1.14 bits per heavy atom. The highest BCUT2D eigenvalue weighted by Crippen LogP contribution is 2.28. The highest BCUT2D eigenvalue weighted by atomic mass is 32.2. The molecule has 0 N–H and O–H groups in total. The fourth-order valence-electron chi connectivity index (χ4n) is 4.41. The Bertz CT molecular complexity index is 1320. The van der Waals surface area contributed by atoms with E-state index in [4.69, 9.17) is 4.74 Å². The minimum absolute atomic E-state index is 0.247. The number of carbonyl (C=O) groups excluding carboxylic acids is 1. The van der Waals surface area contributed by atoms with E-state index in [1.54, 1.807) is 40.0 Å². The lowest BCUT2D eigenvalue weighted by Gasteiger charge is -2.35. The molecule has 4 rings (SSSR count). The SMILES string of the molecule is CCN(CC1CCN(C(=O)OC(C)(C)C)CC1)c1ncnc2c1cnn2-c1ccc(S(C)(=O)=O)cc1. The molecule has 3 heterocycles. The van der Waals surface area contributed by atoms with Gasteiger partial charge in [0.2, 0.25) is 0 Å². The van der Waals surface area contributed by atoms with Gasteiger partial charge < -0.3 is 14.5 Å². The molecule has 0 bridgehead atoms. The van der Waals surface area contributed by atoms with Crippen molar-refractivity contribution >= 4 is 32.8 Å². The fourth-order valence-corrected chi connectivity index (χ4v) is 5.04. The summed E-state index contributed by atoms with van der Waals surface area (Å²) in [4.78, 5) is 25.7. The number of carbonyl (C=O) groups is 1. The van der Waals surface area contributed by atoms with Crippen molar-refractivity contribution in [1.29, 1.82) is 0 Å². The molecular weight excluding hydrogens is 480 g/mol. The first-order valence-corrected chi connectivity index (χ1v) is 14.1. The number of ether oxygens (including phenoxy) is 1. The molecule has 36 heavy (non-hydrogen) atoms. The van der Waals surface area contributed by atoms with Gasteiger partial charge in [-0.2, -0.15) is 5.10 Å². The number of benzene rings is 1. The molecule has 194 valence electrons. The van der Waals surface area contributed by atoms with E-state index in [9.17, 15) is 13.2 Å². The number of aromatic nitrogens is 4. The lowest BCUT2D eigenvalue weighted by atomic mass is 9.96. The third-order valence-corrected chi connectivity index (χ3v) is 7.41. The van der Waals surface area contributed by atoms with Gasteiger partial charge in [0.15, 0.2) is 15.5 Å². The van der Waals surface area contributed by atoms with Crippen molar-refractivity contribution < 1.29 is 17.9 Å². The average Bonchev–Trinajstić information content (AvgIpc) is 3.26. The Balaban J connectivity index is 1.49. The van der Waals surface area contributed by atoms with Crippen LogP contribution in [0.25, 0.3) is 16.7 Å². The lowest BCUT2D eigenvalue weighted by molar-refractivity contribution is 0.0186. The monoisotopic (exact) mass is 514 g/mol. The molecule has 0 spiro atoms. The van der Waals surface area contributed by atoms with Crippen molar-refractivity contribution in [2.45, 2.75) is 51.0 Å². The molecule has 11 heteroatoms. The van der Waals surface area contributed by atoms with Crippen molar-refractivity contribution in [3.05, 3.63) is 36.8 Å². The minimum atomic E-state index is -3.27. The fraction of sp³-hybridized carbons (Fsp3) is 0.520. The number of piperidine rings is 1. The Morgan fingerprint density at radius 2 is 1.81 bits per heavy atom. The van der Waals surface area contributed by atoms with Gasteiger partial charge in [-0.15, -0.1) is 0 Å². The van der Waals surface area contributed by atoms with E-state index in [-0.39, 0.29) is 11.0 Å². The largest absolute Gasteiger partial charge is 0.444 e. The number of amides is 1. The third kappa shape index (κ3) is 5.77. The molecule has 0 unspecified atom stereocenters. The van der Waals surface area contributed by atoms with Gasteiger partial charge in [0, 0.05) is 32.4 Å². The first-order valence-electron chi connectivity index (χ1n) is 12.2. The molecule has 10 nitrogen and oxygen atoms in total. The van der Waals surface area contributed by atoms with E-state index in [1.807, 2.05) is 20.8 Å². The smallest absolute Gasteiger partial charge is 0.410 e. The second kappa shape index (κ2) is 10.0. The van der Waals surface area contributed by atoms with Crippen molar-refractivity contribution in [2.75, 3.05) is 37.3 Å². The molecular formula is C25H34N6O4S. The maximum Gasteiger partial charge on any atom is 0.410 e. The highest BCUT2D eigenvalue weighted by Gasteiger charge is 2.28. The van der Waals surface area contributed by atoms with E-state index < -0.39 is 15.4 Å². The van der Waals surface area contributed by atoms with Crippen LogP contribution < -0.4 is 4.90 Å². The summed E-state index contributed by atoms with van der Waals surface area (Å²) in [6.07, 6.45) is 6.03. The van der Waals surface area contributed by atoms with E-state index in [0.717, 1.165) is 42.8 Å². The van der Waals surface area contributed by atoms with Gasteiger partial charge in [0.25, 0.3) is 0 Å². The molecule has 0 radical (unpaired) electrons. The van der Waals surface area contributed by atoms with Gasteiger partial charge in [-0.25, -0.2) is 27.9 Å². The molecule has 1 amide bonds. The Labute approximate surface area is 212 Å². The number of anilines is 1. The zero-order chi connectivity index (χ0) is 26.1. The second-order valence-electron chi connectivity index (χ2n) is 10.2. The van der Waals surface area contributed by atoms with E-state index >= 15 is 0 Å². The number of rotatable bonds is 6. The third-order valence-electron chi connectivity index (χ3n) is 6.28. The summed E-state index contributed by atoms with van der Waals surface area (Å²) in [5, 5.41) is 5.35. The predicted molar refractivity (Wildman–Crippen MR) is 138 cm³/mol. The molecule has 1 fully saturated rings. The summed E-state index contributed by atoms with van der Waals surface area (Å²) in [5.41, 5.74) is 0.885. The first-order chi connectivity index (χ1) is 17.0. The van der Waals surface area contributed by atoms with Crippen molar-refractivity contribution in [3.8, 4) is 5.69 Å². The average molecular weight is 515 g/mol. The number of likely N-dealkylation sites (tertiary alicyclic amines) is 1. The number of fused-ring (bicyclic) bond motifs is 1. The molecule has 2 aromatic heterocycles. The topological polar surface area (TPSA) is 111 Å². The van der Waals surface area contributed by atoms with Gasteiger partial charge in [-0.1, -0.05) is 0 Å². The standard InChI is InChI=1S/C25H34N6O4S/c1-6-29(16-18-11-13-30(14-12-18)24(32)35-25(2,3)4)22-21-15-28-31(23(21)27-17-26-22)19-7-9-20(10-8-19)36(5,33)34/h7-10,15,17-18H,6,11-14,16H2,1-5H3. The zero-order valence-corrected chi connectivity index (χ0v) is 22.3. The van der Waals surface area contributed by atoms with Crippen LogP contribution in [0.3, 0.4) is 0 Å². The van der Waals surface area contributed by atoms with Gasteiger partial charge in [0.1, 0.15) is 17.7 Å². The van der Waals surface area contributed by atoms with Crippen molar-refractivity contribution in [1.82, 2.24) is 24.6 Å². The molecule has 1 saturated heterocycles. The number of sulfone groups is 1. The van der Waals surface area contributed by atoms with E-state index in [0.29, 0.717) is 24.7 Å². The normalized spacial score (nSPS) is 15.3. The number of nitrogens with zero attached hydrogens (tertiary/aromatic N) is 6. The van der Waals surface area contributed by atoms with E-state index in [1.165, 1.54) is 12.6 Å². The van der Waals surface area contributed by atoms with Crippen LogP contribution in [0.2, 0.25) is 0 Å². The van der Waals surface area contributed by atoms with Crippen molar-refractivity contribution in [2.24, 2.45) is 5.92 Å². The van der Waals surface area contributed by atoms with Crippen LogP contribution in [-0.4, -0.2) is 77.2 Å². The summed E-state index contributed by atoms with van der Waals surface area (Å²) < 4.78 is 30.8. The summed E-state index contributed by atoms with van der Waals surface area (Å²) in [6.45, 7) is 10.7. The molecule has 0 atom stereocenters. The maximum absolute atomic E-state index is 12.4. The number of hydrogen-bond acceptors (Lipinski definition) is 8. The second-order valence-corrected chi connectivity index (χ2v) is 12.2. The van der Waals surface area contributed by atoms with Crippen LogP contribution in [0.5, 0.6) is 0 Å². The van der Waals surface area contributed by atoms with Crippen LogP contribution in [0.4, 0.5) is 10.6 Å². The van der Waals surface area contributed by atoms with Gasteiger partial charge in [-0.05, 0) is 70.7 Å². The quantitative estimate of drug-likeness (QED) is 0.490.